The van der Waals surface area contributed by atoms with Gasteiger partial charge in [-0.1, -0.05) is 18.9 Å². The van der Waals surface area contributed by atoms with Crippen molar-refractivity contribution in [2.45, 2.75) is 38.3 Å². The molecule has 1 aromatic rings. The average molecular weight is 373 g/mol. The monoisotopic (exact) mass is 373 g/mol. The molecule has 0 heterocycles. The van der Waals surface area contributed by atoms with E-state index in [4.69, 9.17) is 9.84 Å². The Labute approximate surface area is 149 Å². The smallest absolute Gasteiger partial charge is 0.392 e. The van der Waals surface area contributed by atoms with E-state index in [-0.39, 0.29) is 24.9 Å². The minimum absolute atomic E-state index is 0.00788. The molecule has 1 fully saturated rings. The average Bonchev–Trinajstić information content (AvgIpc) is 2.60. The van der Waals surface area contributed by atoms with Gasteiger partial charge in [-0.3, -0.25) is 4.79 Å². The molecule has 0 radical (unpaired) electrons. The standard InChI is InChI=1S/C18H22F3NO4/c1-26-15-10-12(17(24)25)7-6-11(15)8-9-22-16(23)13-4-2-3-5-14(13)18(19,20)21/h6-7,10,13-14H,2-5,8-9H2,1H3,(H,22,23)(H,24,25). The number of carbonyl (C=O) groups is 2. The van der Waals surface area contributed by atoms with E-state index in [0.29, 0.717) is 30.6 Å². The van der Waals surface area contributed by atoms with Gasteiger partial charge in [0.2, 0.25) is 5.91 Å². The number of alkyl halides is 3. The number of benzene rings is 1. The number of carbonyl (C=O) groups excluding carboxylic acids is 1. The van der Waals surface area contributed by atoms with Crippen LogP contribution in [0.25, 0.3) is 0 Å². The Hall–Kier alpha value is -2.25. The summed E-state index contributed by atoms with van der Waals surface area (Å²) in [5, 5.41) is 11.6. The fourth-order valence-corrected chi connectivity index (χ4v) is 3.37. The third-order valence-electron chi connectivity index (χ3n) is 4.75. The largest absolute Gasteiger partial charge is 0.496 e. The number of rotatable bonds is 6. The molecule has 0 aromatic heterocycles. The number of carboxylic acids is 1. The molecule has 0 saturated heterocycles. The van der Waals surface area contributed by atoms with Crippen molar-refractivity contribution < 1.29 is 32.6 Å². The number of amides is 1. The number of carboxylic acid groups (broad SMARTS) is 1. The summed E-state index contributed by atoms with van der Waals surface area (Å²) < 4.78 is 44.4. The highest BCUT2D eigenvalue weighted by Gasteiger charge is 2.47. The van der Waals surface area contributed by atoms with Crippen molar-refractivity contribution in [1.82, 2.24) is 5.32 Å². The second kappa shape index (κ2) is 8.42. The molecule has 2 N–H and O–H groups in total. The van der Waals surface area contributed by atoms with Gasteiger partial charge in [-0.15, -0.1) is 0 Å². The van der Waals surface area contributed by atoms with E-state index in [0.717, 1.165) is 0 Å². The Morgan fingerprint density at radius 2 is 1.96 bits per heavy atom. The molecule has 2 unspecified atom stereocenters. The fourth-order valence-electron chi connectivity index (χ4n) is 3.37. The normalized spacial score (nSPS) is 20.5. The number of aromatic carboxylic acids is 1. The van der Waals surface area contributed by atoms with Gasteiger partial charge in [0.1, 0.15) is 5.75 Å². The van der Waals surface area contributed by atoms with Crippen LogP contribution in [0.5, 0.6) is 5.75 Å². The predicted octanol–water partition coefficient (Wildman–Crippen LogP) is 3.42. The van der Waals surface area contributed by atoms with Crippen LogP contribution in [0, 0.1) is 11.8 Å². The third-order valence-corrected chi connectivity index (χ3v) is 4.75. The topological polar surface area (TPSA) is 75.6 Å². The van der Waals surface area contributed by atoms with Crippen LogP contribution in [-0.4, -0.2) is 36.8 Å². The third kappa shape index (κ3) is 4.89. The SMILES string of the molecule is COc1cc(C(=O)O)ccc1CCNC(=O)C1CCCCC1C(F)(F)F. The van der Waals surface area contributed by atoms with Crippen LogP contribution < -0.4 is 10.1 Å². The molecule has 26 heavy (non-hydrogen) atoms. The summed E-state index contributed by atoms with van der Waals surface area (Å²) in [4.78, 5) is 23.2. The summed E-state index contributed by atoms with van der Waals surface area (Å²) in [6, 6.07) is 4.37. The molecule has 1 aliphatic carbocycles. The fraction of sp³-hybridized carbons (Fsp3) is 0.556. The summed E-state index contributed by atoms with van der Waals surface area (Å²) in [7, 11) is 1.40. The molecule has 1 saturated carbocycles. The summed E-state index contributed by atoms with van der Waals surface area (Å²) in [5.74, 6) is -3.92. The molecule has 2 atom stereocenters. The Balaban J connectivity index is 1.96. The molecule has 144 valence electrons. The molecule has 0 bridgehead atoms. The molecule has 1 aromatic carbocycles. The van der Waals surface area contributed by atoms with Gasteiger partial charge < -0.3 is 15.2 Å². The van der Waals surface area contributed by atoms with Crippen LogP contribution in [0.2, 0.25) is 0 Å². The lowest BCUT2D eigenvalue weighted by molar-refractivity contribution is -0.198. The minimum atomic E-state index is -4.36. The first-order chi connectivity index (χ1) is 12.2. The lowest BCUT2D eigenvalue weighted by Crippen LogP contribution is -2.43. The highest BCUT2D eigenvalue weighted by atomic mass is 19.4. The zero-order chi connectivity index (χ0) is 19.3. The second-order valence-electron chi connectivity index (χ2n) is 6.41. The van der Waals surface area contributed by atoms with Crippen LogP contribution in [0.3, 0.4) is 0 Å². The van der Waals surface area contributed by atoms with E-state index in [2.05, 4.69) is 5.32 Å². The summed E-state index contributed by atoms with van der Waals surface area (Å²) >= 11 is 0. The van der Waals surface area contributed by atoms with E-state index in [1.807, 2.05) is 0 Å². The highest BCUT2D eigenvalue weighted by molar-refractivity contribution is 5.88. The molecule has 8 heteroatoms. The molecular weight excluding hydrogens is 351 g/mol. The van der Waals surface area contributed by atoms with Crippen molar-refractivity contribution in [3.8, 4) is 5.75 Å². The van der Waals surface area contributed by atoms with Crippen molar-refractivity contribution in [2.75, 3.05) is 13.7 Å². The predicted molar refractivity (Wildman–Crippen MR) is 88.2 cm³/mol. The maximum absolute atomic E-state index is 13.1. The molecule has 2 rings (SSSR count). The highest BCUT2D eigenvalue weighted by Crippen LogP contribution is 2.41. The van der Waals surface area contributed by atoms with Gasteiger partial charge >= 0.3 is 12.1 Å². The number of nitrogens with one attached hydrogen (secondary N) is 1. The lowest BCUT2D eigenvalue weighted by Gasteiger charge is -2.32. The van der Waals surface area contributed by atoms with Crippen LogP contribution >= 0.6 is 0 Å². The van der Waals surface area contributed by atoms with Gasteiger partial charge in [-0.2, -0.15) is 13.2 Å². The van der Waals surface area contributed by atoms with Crippen molar-refractivity contribution >= 4 is 11.9 Å². The van der Waals surface area contributed by atoms with Gasteiger partial charge in [0.05, 0.1) is 18.6 Å². The van der Waals surface area contributed by atoms with Gasteiger partial charge in [0.15, 0.2) is 0 Å². The van der Waals surface area contributed by atoms with Gasteiger partial charge in [0.25, 0.3) is 0 Å². The first-order valence-corrected chi connectivity index (χ1v) is 8.48. The number of hydrogen-bond donors (Lipinski definition) is 2. The van der Waals surface area contributed by atoms with E-state index < -0.39 is 29.9 Å². The molecule has 0 spiro atoms. The van der Waals surface area contributed by atoms with Gasteiger partial charge in [0, 0.05) is 12.5 Å². The summed E-state index contributed by atoms with van der Waals surface area (Å²) in [6.45, 7) is 0.155. The van der Waals surface area contributed by atoms with Gasteiger partial charge in [-0.25, -0.2) is 4.79 Å². The summed E-state index contributed by atoms with van der Waals surface area (Å²) in [6.07, 6.45) is -2.69. The lowest BCUT2D eigenvalue weighted by atomic mass is 9.78. The molecule has 1 amide bonds. The Bertz CT molecular complexity index is 660. The maximum atomic E-state index is 13.1. The molecule has 5 nitrogen and oxygen atoms in total. The van der Waals surface area contributed by atoms with Gasteiger partial charge in [-0.05, 0) is 37.0 Å². The zero-order valence-electron chi connectivity index (χ0n) is 14.4. The number of hydrogen-bond acceptors (Lipinski definition) is 3. The first-order valence-electron chi connectivity index (χ1n) is 8.48. The van der Waals surface area contributed by atoms with E-state index in [1.54, 1.807) is 6.07 Å². The van der Waals surface area contributed by atoms with Crippen molar-refractivity contribution in [3.63, 3.8) is 0 Å². The van der Waals surface area contributed by atoms with Crippen molar-refractivity contribution in [3.05, 3.63) is 29.3 Å². The quantitative estimate of drug-likeness (QED) is 0.801. The van der Waals surface area contributed by atoms with E-state index >= 15 is 0 Å². The number of halogens is 3. The Morgan fingerprint density at radius 3 is 2.58 bits per heavy atom. The zero-order valence-corrected chi connectivity index (χ0v) is 14.4. The molecule has 0 aliphatic heterocycles. The first kappa shape index (κ1) is 20.1. The van der Waals surface area contributed by atoms with Crippen molar-refractivity contribution in [2.24, 2.45) is 11.8 Å². The molecule has 1 aliphatic rings. The molecular formula is C18H22F3NO4. The van der Waals surface area contributed by atoms with Crippen molar-refractivity contribution in [1.29, 1.82) is 0 Å². The maximum Gasteiger partial charge on any atom is 0.392 e. The Morgan fingerprint density at radius 1 is 1.27 bits per heavy atom. The van der Waals surface area contributed by atoms with Crippen LogP contribution in [0.4, 0.5) is 13.2 Å². The van der Waals surface area contributed by atoms with E-state index in [1.165, 1.54) is 19.2 Å². The number of ether oxygens (including phenoxy) is 1. The van der Waals surface area contributed by atoms with Crippen LogP contribution in [-0.2, 0) is 11.2 Å². The Kier molecular flexibility index (Phi) is 6.50. The second-order valence-corrected chi connectivity index (χ2v) is 6.41. The van der Waals surface area contributed by atoms with Crippen LogP contribution in [0.1, 0.15) is 41.6 Å². The number of methoxy groups -OCH3 is 1. The van der Waals surface area contributed by atoms with Crippen LogP contribution in [0.15, 0.2) is 18.2 Å². The summed E-state index contributed by atoms with van der Waals surface area (Å²) in [5.41, 5.74) is 0.749. The minimum Gasteiger partial charge on any atom is -0.496 e. The van der Waals surface area contributed by atoms with E-state index in [9.17, 15) is 22.8 Å².